The number of para-hydroxylation sites is 1. The molecule has 0 spiro atoms. The maximum Gasteiger partial charge on any atom is 0.338 e. The van der Waals surface area contributed by atoms with E-state index in [4.69, 9.17) is 26.1 Å². The number of nitrogens with zero attached hydrogens (tertiary/aromatic N) is 2. The summed E-state index contributed by atoms with van der Waals surface area (Å²) in [5.41, 5.74) is 2.46. The third-order valence-corrected chi connectivity index (χ3v) is 7.47. The Morgan fingerprint density at radius 3 is 2.46 bits per heavy atom. The summed E-state index contributed by atoms with van der Waals surface area (Å²) < 4.78 is 10.3. The Labute approximate surface area is 236 Å². The maximum absolute atomic E-state index is 13.3. The lowest BCUT2D eigenvalue weighted by molar-refractivity contribution is -0.129. The van der Waals surface area contributed by atoms with Crippen LogP contribution in [0.1, 0.15) is 29.3 Å². The molecule has 2 amide bonds. The minimum atomic E-state index is -0.691. The lowest BCUT2D eigenvalue weighted by atomic mass is 10.1. The molecule has 0 saturated carbocycles. The Morgan fingerprint density at radius 1 is 1.08 bits per heavy atom. The molecular weight excluding hydrogens is 538 g/mol. The summed E-state index contributed by atoms with van der Waals surface area (Å²) in [5.74, 6) is -0.203. The largest absolute Gasteiger partial charge is 0.497 e. The van der Waals surface area contributed by atoms with Crippen LogP contribution in [-0.4, -0.2) is 53.4 Å². The third kappa shape index (κ3) is 7.40. The van der Waals surface area contributed by atoms with Crippen LogP contribution >= 0.6 is 23.4 Å². The van der Waals surface area contributed by atoms with Crippen molar-refractivity contribution in [1.82, 2.24) is 4.90 Å². The van der Waals surface area contributed by atoms with Gasteiger partial charge in [0.2, 0.25) is 11.8 Å². The van der Waals surface area contributed by atoms with Crippen LogP contribution in [-0.2, 0) is 20.7 Å². The van der Waals surface area contributed by atoms with Crippen LogP contribution in [0.25, 0.3) is 0 Å². The second kappa shape index (κ2) is 13.3. The highest BCUT2D eigenvalue weighted by Crippen LogP contribution is 2.31. The first-order valence-electron chi connectivity index (χ1n) is 12.4. The molecule has 0 aliphatic carbocycles. The Morgan fingerprint density at radius 2 is 1.79 bits per heavy atom. The van der Waals surface area contributed by atoms with Crippen molar-refractivity contribution < 1.29 is 23.9 Å². The van der Waals surface area contributed by atoms with E-state index in [1.165, 1.54) is 11.8 Å². The van der Waals surface area contributed by atoms with Crippen molar-refractivity contribution in [3.63, 3.8) is 0 Å². The molecule has 3 aromatic rings. The number of amides is 2. The number of hydrogen-bond acceptors (Lipinski definition) is 7. The standard InChI is InChI=1S/C29H28ClN3O5S/c1-3-38-28(36)20-10-12-21(13-11-20)31-29-33(17-16-19-8-14-22(37-2)15-9-19)26(34)18-25(39-29)27(35)32-24-7-5-4-6-23(24)30/h4-15,25H,3,16-18H2,1-2H3,(H,32,35)/t25-/m1/s1. The molecule has 1 aliphatic heterocycles. The molecule has 202 valence electrons. The van der Waals surface area contributed by atoms with Crippen LogP contribution in [0.3, 0.4) is 0 Å². The molecule has 1 saturated heterocycles. The topological polar surface area (TPSA) is 97.3 Å². The fraction of sp³-hybridized carbons (Fsp3) is 0.241. The predicted molar refractivity (Wildman–Crippen MR) is 154 cm³/mol. The number of rotatable bonds is 9. The number of amidine groups is 1. The zero-order valence-electron chi connectivity index (χ0n) is 21.6. The summed E-state index contributed by atoms with van der Waals surface area (Å²) in [6, 6.07) is 21.2. The Hall–Kier alpha value is -3.82. The number of anilines is 1. The van der Waals surface area contributed by atoms with Gasteiger partial charge < -0.3 is 14.8 Å². The molecule has 1 fully saturated rings. The van der Waals surface area contributed by atoms with Gasteiger partial charge in [0.05, 0.1) is 35.7 Å². The third-order valence-electron chi connectivity index (χ3n) is 5.95. The molecule has 3 aromatic carbocycles. The number of benzene rings is 3. The van der Waals surface area contributed by atoms with Gasteiger partial charge in [0.15, 0.2) is 5.17 Å². The summed E-state index contributed by atoms with van der Waals surface area (Å²) in [5, 5.41) is 2.95. The number of thioether (sulfide) groups is 1. The van der Waals surface area contributed by atoms with Crippen molar-refractivity contribution in [3.05, 3.63) is 88.9 Å². The summed E-state index contributed by atoms with van der Waals surface area (Å²) in [6.45, 7) is 2.41. The highest BCUT2D eigenvalue weighted by molar-refractivity contribution is 8.15. The zero-order chi connectivity index (χ0) is 27.8. The molecular formula is C29H28ClN3O5S. The highest BCUT2D eigenvalue weighted by atomic mass is 35.5. The minimum absolute atomic E-state index is 0.0182. The molecule has 1 atom stereocenters. The van der Waals surface area contributed by atoms with E-state index in [9.17, 15) is 14.4 Å². The van der Waals surface area contributed by atoms with Gasteiger partial charge in [-0.05, 0) is 67.4 Å². The van der Waals surface area contributed by atoms with Gasteiger partial charge in [-0.1, -0.05) is 47.6 Å². The first-order chi connectivity index (χ1) is 18.9. The number of nitrogens with one attached hydrogen (secondary N) is 1. The van der Waals surface area contributed by atoms with E-state index < -0.39 is 11.2 Å². The summed E-state index contributed by atoms with van der Waals surface area (Å²) in [7, 11) is 1.61. The molecule has 39 heavy (non-hydrogen) atoms. The van der Waals surface area contributed by atoms with Gasteiger partial charge in [0.25, 0.3) is 0 Å². The Balaban J connectivity index is 1.56. The number of halogens is 1. The second-order valence-electron chi connectivity index (χ2n) is 8.58. The summed E-state index contributed by atoms with van der Waals surface area (Å²) in [4.78, 5) is 44.7. The number of carbonyl (C=O) groups excluding carboxylic acids is 3. The van der Waals surface area contributed by atoms with Crippen LogP contribution < -0.4 is 10.1 Å². The van der Waals surface area contributed by atoms with Crippen molar-refractivity contribution in [2.45, 2.75) is 25.0 Å². The van der Waals surface area contributed by atoms with Gasteiger partial charge in [-0.15, -0.1) is 0 Å². The van der Waals surface area contributed by atoms with Crippen molar-refractivity contribution in [3.8, 4) is 5.75 Å². The molecule has 1 aliphatic rings. The average molecular weight is 566 g/mol. The number of aliphatic imine (C=N–C) groups is 1. The lowest BCUT2D eigenvalue weighted by Crippen LogP contribution is -2.46. The van der Waals surface area contributed by atoms with E-state index in [2.05, 4.69) is 5.32 Å². The average Bonchev–Trinajstić information content (AvgIpc) is 2.94. The van der Waals surface area contributed by atoms with E-state index in [1.807, 2.05) is 24.3 Å². The van der Waals surface area contributed by atoms with Crippen LogP contribution in [0.5, 0.6) is 5.75 Å². The number of methoxy groups -OCH3 is 1. The van der Waals surface area contributed by atoms with E-state index >= 15 is 0 Å². The number of esters is 1. The highest BCUT2D eigenvalue weighted by Gasteiger charge is 2.36. The van der Waals surface area contributed by atoms with Crippen molar-refractivity contribution in [2.24, 2.45) is 4.99 Å². The minimum Gasteiger partial charge on any atom is -0.497 e. The maximum atomic E-state index is 13.3. The first kappa shape index (κ1) is 28.2. The molecule has 0 bridgehead atoms. The van der Waals surface area contributed by atoms with Crippen LogP contribution in [0.2, 0.25) is 5.02 Å². The number of ether oxygens (including phenoxy) is 2. The number of hydrogen-bond donors (Lipinski definition) is 1. The molecule has 1 N–H and O–H groups in total. The molecule has 0 aromatic heterocycles. The van der Waals surface area contributed by atoms with Gasteiger partial charge in [-0.2, -0.15) is 0 Å². The summed E-state index contributed by atoms with van der Waals surface area (Å²) in [6.07, 6.45) is 0.609. The molecule has 8 nitrogen and oxygen atoms in total. The molecule has 1 heterocycles. The molecule has 0 radical (unpaired) electrons. The van der Waals surface area contributed by atoms with Crippen molar-refractivity contribution in [1.29, 1.82) is 0 Å². The van der Waals surface area contributed by atoms with Gasteiger partial charge >= 0.3 is 5.97 Å². The monoisotopic (exact) mass is 565 g/mol. The molecule has 10 heteroatoms. The van der Waals surface area contributed by atoms with Crippen LogP contribution in [0.4, 0.5) is 11.4 Å². The van der Waals surface area contributed by atoms with Crippen molar-refractivity contribution >= 4 is 57.7 Å². The van der Waals surface area contributed by atoms with Gasteiger partial charge in [0.1, 0.15) is 11.0 Å². The molecule has 0 unspecified atom stereocenters. The van der Waals surface area contributed by atoms with E-state index in [1.54, 1.807) is 67.5 Å². The summed E-state index contributed by atoms with van der Waals surface area (Å²) >= 11 is 7.43. The Kier molecular flexibility index (Phi) is 9.62. The number of carbonyl (C=O) groups is 3. The van der Waals surface area contributed by atoms with E-state index in [0.29, 0.717) is 40.1 Å². The SMILES string of the molecule is CCOC(=O)c1ccc(N=C2S[C@@H](C(=O)Nc3ccccc3Cl)CC(=O)N2CCc2ccc(OC)cc2)cc1. The smallest absolute Gasteiger partial charge is 0.338 e. The molecule has 4 rings (SSSR count). The fourth-order valence-corrected chi connectivity index (χ4v) is 5.17. The normalized spacial score (nSPS) is 16.2. The zero-order valence-corrected chi connectivity index (χ0v) is 23.1. The van der Waals surface area contributed by atoms with Gasteiger partial charge in [0, 0.05) is 13.0 Å². The second-order valence-corrected chi connectivity index (χ2v) is 10.2. The first-order valence-corrected chi connectivity index (χ1v) is 13.6. The van der Waals surface area contributed by atoms with Crippen LogP contribution in [0.15, 0.2) is 77.8 Å². The predicted octanol–water partition coefficient (Wildman–Crippen LogP) is 5.73. The fourth-order valence-electron chi connectivity index (χ4n) is 3.87. The van der Waals surface area contributed by atoms with Crippen molar-refractivity contribution in [2.75, 3.05) is 25.6 Å². The lowest BCUT2D eigenvalue weighted by Gasteiger charge is -2.32. The Bertz CT molecular complexity index is 1360. The quantitative estimate of drug-likeness (QED) is 0.333. The van der Waals surface area contributed by atoms with Crippen LogP contribution in [0, 0.1) is 0 Å². The van der Waals surface area contributed by atoms with E-state index in [-0.39, 0.29) is 24.8 Å². The van der Waals surface area contributed by atoms with Gasteiger partial charge in [-0.3, -0.25) is 14.5 Å². The van der Waals surface area contributed by atoms with Gasteiger partial charge in [-0.25, -0.2) is 9.79 Å². The van der Waals surface area contributed by atoms with E-state index in [0.717, 1.165) is 11.3 Å².